The molecule has 2 aromatic rings. The summed E-state index contributed by atoms with van der Waals surface area (Å²) in [5, 5.41) is 12.9. The number of hydrogen-bond acceptors (Lipinski definition) is 2. The zero-order chi connectivity index (χ0) is 10.3. The van der Waals surface area contributed by atoms with E-state index in [0.717, 1.165) is 6.07 Å². The lowest BCUT2D eigenvalue weighted by molar-refractivity contribution is 0.0696. The molecule has 0 aliphatic heterocycles. The molecule has 0 bridgehead atoms. The highest BCUT2D eigenvalue weighted by atomic mass is 19.1. The SMILES string of the molecule is Cn1ncc2c(F)cc(C(=O)O)cc21. The average molecular weight is 194 g/mol. The molecule has 0 spiro atoms. The summed E-state index contributed by atoms with van der Waals surface area (Å²) < 4.78 is 14.7. The van der Waals surface area contributed by atoms with E-state index in [-0.39, 0.29) is 5.56 Å². The molecule has 0 aliphatic rings. The Labute approximate surface area is 78.6 Å². The summed E-state index contributed by atoms with van der Waals surface area (Å²) in [4.78, 5) is 10.6. The minimum absolute atomic E-state index is 0.0707. The van der Waals surface area contributed by atoms with E-state index in [1.165, 1.54) is 16.9 Å². The highest BCUT2D eigenvalue weighted by molar-refractivity contribution is 5.93. The largest absolute Gasteiger partial charge is 0.478 e. The summed E-state index contributed by atoms with van der Waals surface area (Å²) in [5.74, 6) is -1.71. The van der Waals surface area contributed by atoms with Crippen molar-refractivity contribution >= 4 is 16.9 Å². The second-order valence-electron chi connectivity index (χ2n) is 2.96. The minimum Gasteiger partial charge on any atom is -0.478 e. The Bertz CT molecular complexity index is 519. The maximum Gasteiger partial charge on any atom is 0.335 e. The second-order valence-corrected chi connectivity index (χ2v) is 2.96. The van der Waals surface area contributed by atoms with Gasteiger partial charge in [-0.3, -0.25) is 4.68 Å². The molecule has 0 saturated carbocycles. The molecule has 14 heavy (non-hydrogen) atoms. The van der Waals surface area contributed by atoms with Crippen LogP contribution in [0.1, 0.15) is 10.4 Å². The summed E-state index contributed by atoms with van der Waals surface area (Å²) in [7, 11) is 1.63. The smallest absolute Gasteiger partial charge is 0.335 e. The third-order valence-corrected chi connectivity index (χ3v) is 2.06. The van der Waals surface area contributed by atoms with E-state index < -0.39 is 11.8 Å². The zero-order valence-electron chi connectivity index (χ0n) is 7.36. The number of carboxylic acids is 1. The number of aromatic nitrogens is 2. The summed E-state index contributed by atoms with van der Waals surface area (Å²) in [6.07, 6.45) is 1.37. The number of carboxylic acid groups (broad SMARTS) is 1. The Hall–Kier alpha value is -1.91. The first-order chi connectivity index (χ1) is 6.59. The molecule has 4 nitrogen and oxygen atoms in total. The number of halogens is 1. The van der Waals surface area contributed by atoms with E-state index in [1.807, 2.05) is 0 Å². The maximum absolute atomic E-state index is 13.3. The van der Waals surface area contributed by atoms with Gasteiger partial charge in [0.2, 0.25) is 0 Å². The molecule has 0 atom stereocenters. The molecule has 1 aromatic carbocycles. The van der Waals surface area contributed by atoms with E-state index in [2.05, 4.69) is 5.10 Å². The molecule has 0 amide bonds. The molecule has 0 fully saturated rings. The number of rotatable bonds is 1. The van der Waals surface area contributed by atoms with Crippen LogP contribution in [0.2, 0.25) is 0 Å². The van der Waals surface area contributed by atoms with Gasteiger partial charge in [-0.1, -0.05) is 0 Å². The van der Waals surface area contributed by atoms with Crippen molar-refractivity contribution in [3.63, 3.8) is 0 Å². The van der Waals surface area contributed by atoms with Gasteiger partial charge in [0, 0.05) is 7.05 Å². The predicted molar refractivity (Wildman–Crippen MR) is 47.6 cm³/mol. The summed E-state index contributed by atoms with van der Waals surface area (Å²) >= 11 is 0. The molecular formula is C9H7FN2O2. The zero-order valence-corrected chi connectivity index (χ0v) is 7.36. The fraction of sp³-hybridized carbons (Fsp3) is 0.111. The molecule has 0 radical (unpaired) electrons. The molecule has 72 valence electrons. The van der Waals surface area contributed by atoms with Crippen LogP contribution in [0.4, 0.5) is 4.39 Å². The lowest BCUT2D eigenvalue weighted by Crippen LogP contribution is -1.98. The van der Waals surface area contributed by atoms with E-state index >= 15 is 0 Å². The molecule has 5 heteroatoms. The fourth-order valence-corrected chi connectivity index (χ4v) is 1.33. The van der Waals surface area contributed by atoms with E-state index in [4.69, 9.17) is 5.11 Å². The van der Waals surface area contributed by atoms with Gasteiger partial charge in [0.05, 0.1) is 22.7 Å². The van der Waals surface area contributed by atoms with E-state index in [9.17, 15) is 9.18 Å². The summed E-state index contributed by atoms with van der Waals surface area (Å²) in [6.45, 7) is 0. The van der Waals surface area contributed by atoms with Crippen LogP contribution in [0, 0.1) is 5.82 Å². The first kappa shape index (κ1) is 8.68. The van der Waals surface area contributed by atoms with Gasteiger partial charge < -0.3 is 5.11 Å². The summed E-state index contributed by atoms with van der Waals surface area (Å²) in [6, 6.07) is 2.39. The molecule has 1 heterocycles. The van der Waals surface area contributed by atoms with Crippen LogP contribution in [0.15, 0.2) is 18.3 Å². The molecule has 0 saturated heterocycles. The minimum atomic E-state index is -1.15. The second kappa shape index (κ2) is 2.80. The number of aryl methyl sites for hydroxylation is 1. The van der Waals surface area contributed by atoms with Crippen LogP contribution in [0.3, 0.4) is 0 Å². The lowest BCUT2D eigenvalue weighted by atomic mass is 10.1. The van der Waals surface area contributed by atoms with Crippen molar-refractivity contribution in [3.05, 3.63) is 29.7 Å². The quantitative estimate of drug-likeness (QED) is 0.746. The van der Waals surface area contributed by atoms with Crippen molar-refractivity contribution in [1.29, 1.82) is 0 Å². The Morgan fingerprint density at radius 3 is 2.93 bits per heavy atom. The molecule has 1 aromatic heterocycles. The Kier molecular flexibility index (Phi) is 1.73. The van der Waals surface area contributed by atoms with Crippen molar-refractivity contribution in [3.8, 4) is 0 Å². The number of fused-ring (bicyclic) bond motifs is 1. The van der Waals surface area contributed by atoms with Crippen LogP contribution in [-0.4, -0.2) is 20.9 Å². The van der Waals surface area contributed by atoms with Gasteiger partial charge in [-0.05, 0) is 12.1 Å². The number of aromatic carboxylic acids is 1. The van der Waals surface area contributed by atoms with Crippen molar-refractivity contribution in [2.45, 2.75) is 0 Å². The highest BCUT2D eigenvalue weighted by Gasteiger charge is 2.11. The van der Waals surface area contributed by atoms with Crippen molar-refractivity contribution < 1.29 is 14.3 Å². The highest BCUT2D eigenvalue weighted by Crippen LogP contribution is 2.19. The maximum atomic E-state index is 13.3. The van der Waals surface area contributed by atoms with Crippen LogP contribution in [0.5, 0.6) is 0 Å². The number of nitrogens with zero attached hydrogens (tertiary/aromatic N) is 2. The summed E-state index contributed by atoms with van der Waals surface area (Å²) in [5.41, 5.74) is 0.404. The monoisotopic (exact) mass is 194 g/mol. The van der Waals surface area contributed by atoms with Gasteiger partial charge in [-0.15, -0.1) is 0 Å². The number of hydrogen-bond donors (Lipinski definition) is 1. The van der Waals surface area contributed by atoms with Crippen LogP contribution < -0.4 is 0 Å². The third-order valence-electron chi connectivity index (χ3n) is 2.06. The number of carbonyl (C=O) groups is 1. The van der Waals surface area contributed by atoms with Gasteiger partial charge in [-0.25, -0.2) is 9.18 Å². The average Bonchev–Trinajstić information content (AvgIpc) is 2.48. The van der Waals surface area contributed by atoms with Crippen molar-refractivity contribution in [2.24, 2.45) is 7.05 Å². The van der Waals surface area contributed by atoms with Crippen LogP contribution in [0.25, 0.3) is 10.9 Å². The van der Waals surface area contributed by atoms with Crippen LogP contribution >= 0.6 is 0 Å². The van der Waals surface area contributed by atoms with Crippen LogP contribution in [-0.2, 0) is 7.05 Å². The molecule has 1 N–H and O–H groups in total. The fourth-order valence-electron chi connectivity index (χ4n) is 1.33. The van der Waals surface area contributed by atoms with Gasteiger partial charge in [0.1, 0.15) is 5.82 Å². The molecule has 0 unspecified atom stereocenters. The topological polar surface area (TPSA) is 55.1 Å². The first-order valence-corrected chi connectivity index (χ1v) is 3.94. The van der Waals surface area contributed by atoms with Crippen molar-refractivity contribution in [1.82, 2.24) is 9.78 Å². The van der Waals surface area contributed by atoms with E-state index in [0.29, 0.717) is 10.9 Å². The van der Waals surface area contributed by atoms with Gasteiger partial charge in [-0.2, -0.15) is 5.10 Å². The van der Waals surface area contributed by atoms with Gasteiger partial charge >= 0.3 is 5.97 Å². The Balaban J connectivity index is 2.82. The Morgan fingerprint density at radius 1 is 1.57 bits per heavy atom. The van der Waals surface area contributed by atoms with Gasteiger partial charge in [0.25, 0.3) is 0 Å². The third kappa shape index (κ3) is 1.14. The molecule has 0 aliphatic carbocycles. The standard InChI is InChI=1S/C9H7FN2O2/c1-12-8-3-5(9(13)14)2-7(10)6(8)4-11-12/h2-4H,1H3,(H,13,14). The van der Waals surface area contributed by atoms with Gasteiger partial charge in [0.15, 0.2) is 0 Å². The molecule has 2 rings (SSSR count). The first-order valence-electron chi connectivity index (χ1n) is 3.94. The van der Waals surface area contributed by atoms with E-state index in [1.54, 1.807) is 7.05 Å². The Morgan fingerprint density at radius 2 is 2.29 bits per heavy atom. The normalized spacial score (nSPS) is 10.7. The van der Waals surface area contributed by atoms with Crippen molar-refractivity contribution in [2.75, 3.05) is 0 Å². The molecular weight excluding hydrogens is 187 g/mol. The predicted octanol–water partition coefficient (Wildman–Crippen LogP) is 1.41. The lowest BCUT2D eigenvalue weighted by Gasteiger charge is -1.98. The number of benzene rings is 1.